The fourth-order valence-corrected chi connectivity index (χ4v) is 1.14. The molecule has 5 heteroatoms. The molecule has 0 atom stereocenters. The van der Waals surface area contributed by atoms with Gasteiger partial charge in [0.05, 0.1) is 6.61 Å². The fraction of sp³-hybridized carbons (Fsp3) is 0.364. The molecule has 88 valence electrons. The number of hydrogen-bond acceptors (Lipinski definition) is 3. The lowest BCUT2D eigenvalue weighted by Crippen LogP contribution is -2.34. The Morgan fingerprint density at radius 3 is 2.62 bits per heavy atom. The summed E-state index contributed by atoms with van der Waals surface area (Å²) in [4.78, 5) is 10.9. The van der Waals surface area contributed by atoms with Crippen LogP contribution in [0, 0.1) is 0 Å². The lowest BCUT2D eigenvalue weighted by molar-refractivity contribution is 0.252. The quantitative estimate of drug-likeness (QED) is 0.308. The molecule has 1 aromatic carbocycles. The average Bonchev–Trinajstić information content (AvgIpc) is 2.31. The summed E-state index contributed by atoms with van der Waals surface area (Å²) < 4.78 is 5.48. The van der Waals surface area contributed by atoms with E-state index in [1.54, 1.807) is 12.1 Å². The van der Waals surface area contributed by atoms with E-state index < -0.39 is 6.03 Å². The minimum atomic E-state index is -0.445. The lowest BCUT2D eigenvalue weighted by atomic mass is 10.3. The van der Waals surface area contributed by atoms with Crippen molar-refractivity contribution in [3.8, 4) is 5.75 Å². The molecular formula is C11H17N3O2. The van der Waals surface area contributed by atoms with Crippen molar-refractivity contribution in [1.82, 2.24) is 5.43 Å². The number of nitrogens with one attached hydrogen (secondary N) is 2. The van der Waals surface area contributed by atoms with Gasteiger partial charge in [0, 0.05) is 5.69 Å². The first-order chi connectivity index (χ1) is 7.76. The number of rotatable bonds is 5. The molecule has 0 aromatic heterocycles. The number of hydrazine groups is 1. The van der Waals surface area contributed by atoms with E-state index >= 15 is 0 Å². The van der Waals surface area contributed by atoms with E-state index in [1.165, 1.54) is 0 Å². The molecule has 1 rings (SSSR count). The van der Waals surface area contributed by atoms with Crippen LogP contribution in [-0.4, -0.2) is 12.6 Å². The van der Waals surface area contributed by atoms with Crippen molar-refractivity contribution < 1.29 is 9.53 Å². The number of unbranched alkanes of at least 4 members (excludes halogenated alkanes) is 1. The number of anilines is 1. The van der Waals surface area contributed by atoms with Gasteiger partial charge < -0.3 is 10.1 Å². The molecule has 0 saturated carbocycles. The Bertz CT molecular complexity index is 325. The highest BCUT2D eigenvalue weighted by atomic mass is 16.5. The number of urea groups is 1. The Balaban J connectivity index is 2.44. The van der Waals surface area contributed by atoms with Crippen molar-refractivity contribution >= 4 is 11.7 Å². The van der Waals surface area contributed by atoms with Gasteiger partial charge in [0.1, 0.15) is 5.75 Å². The number of hydrogen-bond donors (Lipinski definition) is 3. The Labute approximate surface area is 94.9 Å². The Hall–Kier alpha value is -1.75. The summed E-state index contributed by atoms with van der Waals surface area (Å²) in [5.41, 5.74) is 2.66. The first-order valence-electron chi connectivity index (χ1n) is 5.26. The standard InChI is InChI=1S/C11H17N3O2/c1-2-3-8-16-10-6-4-9(5-7-10)13-11(15)14-12/h4-7H,2-3,8,12H2,1H3,(H2,13,14,15). The van der Waals surface area contributed by atoms with Crippen molar-refractivity contribution in [2.45, 2.75) is 19.8 Å². The molecule has 16 heavy (non-hydrogen) atoms. The van der Waals surface area contributed by atoms with Crippen LogP contribution in [0.5, 0.6) is 5.75 Å². The van der Waals surface area contributed by atoms with Crippen LogP contribution >= 0.6 is 0 Å². The van der Waals surface area contributed by atoms with Crippen LogP contribution in [-0.2, 0) is 0 Å². The van der Waals surface area contributed by atoms with Crippen LogP contribution in [0.2, 0.25) is 0 Å². The van der Waals surface area contributed by atoms with Crippen LogP contribution in [0.3, 0.4) is 0 Å². The van der Waals surface area contributed by atoms with Crippen LogP contribution < -0.4 is 21.3 Å². The van der Waals surface area contributed by atoms with Crippen molar-refractivity contribution in [1.29, 1.82) is 0 Å². The van der Waals surface area contributed by atoms with Gasteiger partial charge >= 0.3 is 6.03 Å². The molecule has 0 aliphatic carbocycles. The van der Waals surface area contributed by atoms with E-state index in [9.17, 15) is 4.79 Å². The second-order valence-corrected chi connectivity index (χ2v) is 3.32. The van der Waals surface area contributed by atoms with Gasteiger partial charge in [-0.15, -0.1) is 0 Å². The number of carbonyl (C=O) groups is 1. The Morgan fingerprint density at radius 1 is 1.38 bits per heavy atom. The van der Waals surface area contributed by atoms with Crippen molar-refractivity contribution in [3.63, 3.8) is 0 Å². The molecule has 5 nitrogen and oxygen atoms in total. The molecule has 0 radical (unpaired) electrons. The minimum Gasteiger partial charge on any atom is -0.494 e. The zero-order chi connectivity index (χ0) is 11.8. The van der Waals surface area contributed by atoms with Crippen LogP contribution in [0.15, 0.2) is 24.3 Å². The topological polar surface area (TPSA) is 76.4 Å². The molecule has 0 aliphatic rings. The average molecular weight is 223 g/mol. The monoisotopic (exact) mass is 223 g/mol. The summed E-state index contributed by atoms with van der Waals surface area (Å²) in [6.45, 7) is 2.83. The predicted octanol–water partition coefficient (Wildman–Crippen LogP) is 1.86. The smallest absolute Gasteiger partial charge is 0.333 e. The van der Waals surface area contributed by atoms with Gasteiger partial charge in [-0.3, -0.25) is 5.43 Å². The minimum absolute atomic E-state index is 0.445. The molecule has 0 unspecified atom stereocenters. The molecule has 0 heterocycles. The molecule has 1 aromatic rings. The zero-order valence-electron chi connectivity index (χ0n) is 9.32. The Morgan fingerprint density at radius 2 is 2.06 bits per heavy atom. The van der Waals surface area contributed by atoms with Crippen molar-refractivity contribution in [2.75, 3.05) is 11.9 Å². The molecule has 0 fully saturated rings. The summed E-state index contributed by atoms with van der Waals surface area (Å²) in [5, 5.41) is 2.56. The second kappa shape index (κ2) is 6.68. The highest BCUT2D eigenvalue weighted by Gasteiger charge is 1.99. The molecule has 0 spiro atoms. The van der Waals surface area contributed by atoms with Gasteiger partial charge in [-0.25, -0.2) is 10.6 Å². The highest BCUT2D eigenvalue weighted by Crippen LogP contribution is 2.15. The third-order valence-electron chi connectivity index (χ3n) is 2.01. The number of benzene rings is 1. The Kier molecular flexibility index (Phi) is 5.15. The number of nitrogens with two attached hydrogens (primary N) is 1. The largest absolute Gasteiger partial charge is 0.494 e. The molecule has 0 saturated heterocycles. The highest BCUT2D eigenvalue weighted by molar-refractivity contribution is 5.88. The van der Waals surface area contributed by atoms with E-state index in [0.29, 0.717) is 12.3 Å². The summed E-state index contributed by atoms with van der Waals surface area (Å²) in [5.74, 6) is 5.74. The van der Waals surface area contributed by atoms with Gasteiger partial charge in [0.15, 0.2) is 0 Å². The molecule has 4 N–H and O–H groups in total. The third kappa shape index (κ3) is 4.18. The number of amides is 2. The van der Waals surface area contributed by atoms with E-state index in [2.05, 4.69) is 12.2 Å². The normalized spacial score (nSPS) is 9.62. The van der Waals surface area contributed by atoms with Gasteiger partial charge in [-0.05, 0) is 30.7 Å². The zero-order valence-corrected chi connectivity index (χ0v) is 9.32. The number of carbonyl (C=O) groups excluding carboxylic acids is 1. The first kappa shape index (κ1) is 12.3. The van der Waals surface area contributed by atoms with Crippen LogP contribution in [0.25, 0.3) is 0 Å². The van der Waals surface area contributed by atoms with Crippen LogP contribution in [0.4, 0.5) is 10.5 Å². The van der Waals surface area contributed by atoms with E-state index in [0.717, 1.165) is 18.6 Å². The molecule has 0 aliphatic heterocycles. The van der Waals surface area contributed by atoms with E-state index in [-0.39, 0.29) is 0 Å². The summed E-state index contributed by atoms with van der Waals surface area (Å²) in [6.07, 6.45) is 2.14. The SMILES string of the molecule is CCCCOc1ccc(NC(=O)NN)cc1. The first-order valence-corrected chi connectivity index (χ1v) is 5.26. The molecule has 0 bridgehead atoms. The maximum Gasteiger partial charge on any atom is 0.333 e. The molecule has 2 amide bonds. The lowest BCUT2D eigenvalue weighted by Gasteiger charge is -2.07. The summed E-state index contributed by atoms with van der Waals surface area (Å²) >= 11 is 0. The van der Waals surface area contributed by atoms with Crippen LogP contribution in [0.1, 0.15) is 19.8 Å². The van der Waals surface area contributed by atoms with E-state index in [4.69, 9.17) is 10.6 Å². The number of ether oxygens (including phenoxy) is 1. The second-order valence-electron chi connectivity index (χ2n) is 3.32. The summed E-state index contributed by atoms with van der Waals surface area (Å²) in [6, 6.07) is 6.69. The van der Waals surface area contributed by atoms with Crippen molar-refractivity contribution in [3.05, 3.63) is 24.3 Å². The predicted molar refractivity (Wildman–Crippen MR) is 63.2 cm³/mol. The molecular weight excluding hydrogens is 206 g/mol. The van der Waals surface area contributed by atoms with Gasteiger partial charge in [-0.1, -0.05) is 13.3 Å². The van der Waals surface area contributed by atoms with Gasteiger partial charge in [0.2, 0.25) is 0 Å². The van der Waals surface area contributed by atoms with Gasteiger partial charge in [0.25, 0.3) is 0 Å². The third-order valence-corrected chi connectivity index (χ3v) is 2.01. The maximum atomic E-state index is 10.9. The van der Waals surface area contributed by atoms with E-state index in [1.807, 2.05) is 17.6 Å². The summed E-state index contributed by atoms with van der Waals surface area (Å²) in [7, 11) is 0. The van der Waals surface area contributed by atoms with Crippen molar-refractivity contribution in [2.24, 2.45) is 5.84 Å². The fourth-order valence-electron chi connectivity index (χ4n) is 1.14. The maximum absolute atomic E-state index is 10.9. The van der Waals surface area contributed by atoms with Gasteiger partial charge in [-0.2, -0.15) is 0 Å².